The van der Waals surface area contributed by atoms with Gasteiger partial charge in [-0.15, -0.1) is 0 Å². The molecule has 2 N–H and O–H groups in total. The van der Waals surface area contributed by atoms with Gasteiger partial charge in [0.05, 0.1) is 12.2 Å². The Bertz CT molecular complexity index is 370. The number of amides is 1. The summed E-state index contributed by atoms with van der Waals surface area (Å²) < 4.78 is 1.77. The monoisotopic (exact) mass is 236 g/mol. The number of nitrogens with one attached hydrogen (secondary N) is 2. The molecule has 0 aromatic carbocycles. The first-order valence-electron chi connectivity index (χ1n) is 6.20. The Morgan fingerprint density at radius 2 is 2.41 bits per heavy atom. The maximum Gasteiger partial charge on any atom is 0.233 e. The van der Waals surface area contributed by atoms with Crippen molar-refractivity contribution in [3.05, 3.63) is 18.0 Å². The Morgan fingerprint density at radius 3 is 3.06 bits per heavy atom. The second kappa shape index (κ2) is 5.82. The van der Waals surface area contributed by atoms with Gasteiger partial charge in [-0.25, -0.2) is 0 Å². The summed E-state index contributed by atoms with van der Waals surface area (Å²) in [6.07, 6.45) is 5.33. The second-order valence-corrected chi connectivity index (χ2v) is 4.65. The molecule has 5 nitrogen and oxygen atoms in total. The van der Waals surface area contributed by atoms with Crippen LogP contribution in [0, 0.1) is 5.92 Å². The summed E-state index contributed by atoms with van der Waals surface area (Å²) in [4.78, 5) is 11.4. The molecule has 0 spiro atoms. The average Bonchev–Trinajstić information content (AvgIpc) is 3.02. The third-order valence-electron chi connectivity index (χ3n) is 2.89. The molecule has 0 aliphatic heterocycles. The molecule has 1 fully saturated rings. The zero-order valence-corrected chi connectivity index (χ0v) is 10.3. The van der Waals surface area contributed by atoms with Crippen LogP contribution >= 0.6 is 0 Å². The fraction of sp³-hybridized carbons (Fsp3) is 0.667. The van der Waals surface area contributed by atoms with E-state index in [9.17, 15) is 4.79 Å². The van der Waals surface area contributed by atoms with Crippen molar-refractivity contribution in [1.82, 2.24) is 20.4 Å². The van der Waals surface area contributed by atoms with Crippen LogP contribution in [0.3, 0.4) is 0 Å². The molecule has 5 heteroatoms. The SMILES string of the molecule is Cn1ccc(CCNC(=O)CNCC2CC2)n1. The lowest BCUT2D eigenvalue weighted by Gasteiger charge is -2.05. The standard InChI is InChI=1S/C12H20N4O/c1-16-7-5-11(15-16)4-6-14-12(17)9-13-8-10-2-3-10/h5,7,10,13H,2-4,6,8-9H2,1H3,(H,14,17). The van der Waals surface area contributed by atoms with Crippen molar-refractivity contribution in [3.8, 4) is 0 Å². The van der Waals surface area contributed by atoms with Gasteiger partial charge in [-0.05, 0) is 31.4 Å². The number of aromatic nitrogens is 2. The highest BCUT2D eigenvalue weighted by Gasteiger charge is 2.20. The minimum atomic E-state index is 0.0709. The van der Waals surface area contributed by atoms with Crippen LogP contribution in [0.2, 0.25) is 0 Å². The van der Waals surface area contributed by atoms with Crippen LogP contribution in [0.1, 0.15) is 18.5 Å². The number of hydrogen-bond donors (Lipinski definition) is 2. The molecule has 1 aromatic rings. The summed E-state index contributed by atoms with van der Waals surface area (Å²) in [6, 6.07) is 1.97. The Labute approximate surface area is 102 Å². The topological polar surface area (TPSA) is 59.0 Å². The smallest absolute Gasteiger partial charge is 0.233 e. The van der Waals surface area contributed by atoms with Gasteiger partial charge in [0.2, 0.25) is 5.91 Å². The molecule has 1 aromatic heterocycles. The van der Waals surface area contributed by atoms with E-state index in [-0.39, 0.29) is 5.91 Å². The summed E-state index contributed by atoms with van der Waals surface area (Å²) in [7, 11) is 1.89. The predicted octanol–water partition coefficient (Wildman–Crippen LogP) is 0.0784. The molecule has 0 unspecified atom stereocenters. The number of rotatable bonds is 7. The van der Waals surface area contributed by atoms with Crippen LogP contribution < -0.4 is 10.6 Å². The predicted molar refractivity (Wildman–Crippen MR) is 65.5 cm³/mol. The van der Waals surface area contributed by atoms with Gasteiger partial charge in [0, 0.05) is 26.2 Å². The molecule has 1 amide bonds. The molecule has 1 aliphatic rings. The second-order valence-electron chi connectivity index (χ2n) is 4.65. The fourth-order valence-electron chi connectivity index (χ4n) is 1.70. The van der Waals surface area contributed by atoms with E-state index < -0.39 is 0 Å². The quantitative estimate of drug-likeness (QED) is 0.705. The third-order valence-corrected chi connectivity index (χ3v) is 2.89. The van der Waals surface area contributed by atoms with E-state index >= 15 is 0 Å². The van der Waals surface area contributed by atoms with Crippen molar-refractivity contribution in [2.24, 2.45) is 13.0 Å². The minimum absolute atomic E-state index is 0.0709. The highest BCUT2D eigenvalue weighted by atomic mass is 16.1. The minimum Gasteiger partial charge on any atom is -0.355 e. The van der Waals surface area contributed by atoms with Crippen LogP contribution in [0.5, 0.6) is 0 Å². The normalized spacial score (nSPS) is 14.9. The van der Waals surface area contributed by atoms with Crippen molar-refractivity contribution in [3.63, 3.8) is 0 Å². The van der Waals surface area contributed by atoms with E-state index in [4.69, 9.17) is 0 Å². The molecule has 17 heavy (non-hydrogen) atoms. The van der Waals surface area contributed by atoms with Crippen LogP contribution in [0.4, 0.5) is 0 Å². The molecule has 2 rings (SSSR count). The van der Waals surface area contributed by atoms with E-state index in [1.165, 1.54) is 12.8 Å². The third kappa shape index (κ3) is 4.56. The number of carbonyl (C=O) groups excluding carboxylic acids is 1. The first-order valence-corrected chi connectivity index (χ1v) is 6.20. The maximum absolute atomic E-state index is 11.4. The maximum atomic E-state index is 11.4. The van der Waals surface area contributed by atoms with Crippen LogP contribution in [0.15, 0.2) is 12.3 Å². The lowest BCUT2D eigenvalue weighted by Crippen LogP contribution is -2.35. The zero-order chi connectivity index (χ0) is 12.1. The van der Waals surface area contributed by atoms with Gasteiger partial charge < -0.3 is 10.6 Å². The molecule has 94 valence electrons. The summed E-state index contributed by atoms with van der Waals surface area (Å²) in [6.45, 7) is 2.06. The largest absolute Gasteiger partial charge is 0.355 e. The number of hydrogen-bond acceptors (Lipinski definition) is 3. The fourth-order valence-corrected chi connectivity index (χ4v) is 1.70. The summed E-state index contributed by atoms with van der Waals surface area (Å²) >= 11 is 0. The molecule has 1 aliphatic carbocycles. The Hall–Kier alpha value is -1.36. The van der Waals surface area contributed by atoms with Crippen LogP contribution in [-0.4, -0.2) is 35.3 Å². The van der Waals surface area contributed by atoms with E-state index in [1.54, 1.807) is 4.68 Å². The summed E-state index contributed by atoms with van der Waals surface area (Å²) in [5.74, 6) is 0.887. The average molecular weight is 236 g/mol. The van der Waals surface area contributed by atoms with Gasteiger partial charge >= 0.3 is 0 Å². The van der Waals surface area contributed by atoms with Crippen molar-refractivity contribution >= 4 is 5.91 Å². The van der Waals surface area contributed by atoms with E-state index in [1.807, 2.05) is 19.3 Å². The number of aryl methyl sites for hydroxylation is 1. The molecule has 0 radical (unpaired) electrons. The van der Waals surface area contributed by atoms with Crippen molar-refractivity contribution in [2.75, 3.05) is 19.6 Å². The number of carbonyl (C=O) groups is 1. The first kappa shape index (κ1) is 12.1. The highest BCUT2D eigenvalue weighted by molar-refractivity contribution is 5.77. The lowest BCUT2D eigenvalue weighted by molar-refractivity contribution is -0.120. The molecule has 1 heterocycles. The Kier molecular flexibility index (Phi) is 4.14. The molecular formula is C12H20N4O. The highest BCUT2D eigenvalue weighted by Crippen LogP contribution is 2.27. The first-order chi connectivity index (χ1) is 8.24. The van der Waals surface area contributed by atoms with Crippen LogP contribution in [-0.2, 0) is 18.3 Å². The van der Waals surface area contributed by atoms with Gasteiger partial charge in [-0.3, -0.25) is 9.48 Å². The van der Waals surface area contributed by atoms with Gasteiger partial charge in [-0.2, -0.15) is 5.10 Å². The molecule has 0 saturated heterocycles. The molecule has 0 bridgehead atoms. The molecule has 0 atom stereocenters. The molecular weight excluding hydrogens is 216 g/mol. The molecule has 1 saturated carbocycles. The summed E-state index contributed by atoms with van der Waals surface area (Å²) in [5.41, 5.74) is 1.01. The van der Waals surface area contributed by atoms with Crippen molar-refractivity contribution in [2.45, 2.75) is 19.3 Å². The Balaban J connectivity index is 1.53. The van der Waals surface area contributed by atoms with E-state index in [0.717, 1.165) is 24.6 Å². The van der Waals surface area contributed by atoms with Gasteiger partial charge in [0.15, 0.2) is 0 Å². The van der Waals surface area contributed by atoms with Crippen LogP contribution in [0.25, 0.3) is 0 Å². The summed E-state index contributed by atoms with van der Waals surface area (Å²) in [5, 5.41) is 10.3. The lowest BCUT2D eigenvalue weighted by atomic mass is 10.3. The Morgan fingerprint density at radius 1 is 1.59 bits per heavy atom. The van der Waals surface area contributed by atoms with Gasteiger partial charge in [0.25, 0.3) is 0 Å². The zero-order valence-electron chi connectivity index (χ0n) is 10.3. The van der Waals surface area contributed by atoms with Crippen molar-refractivity contribution < 1.29 is 4.79 Å². The van der Waals surface area contributed by atoms with E-state index in [2.05, 4.69) is 15.7 Å². The number of nitrogens with zero attached hydrogens (tertiary/aromatic N) is 2. The van der Waals surface area contributed by atoms with Gasteiger partial charge in [-0.1, -0.05) is 0 Å². The van der Waals surface area contributed by atoms with Crippen molar-refractivity contribution in [1.29, 1.82) is 0 Å². The van der Waals surface area contributed by atoms with Gasteiger partial charge in [0.1, 0.15) is 0 Å². The van der Waals surface area contributed by atoms with E-state index in [0.29, 0.717) is 13.1 Å².